The van der Waals surface area contributed by atoms with Crippen molar-refractivity contribution in [3.8, 4) is 11.5 Å². The number of hydrogen-bond donors (Lipinski definition) is 2. The molecule has 0 aliphatic carbocycles. The van der Waals surface area contributed by atoms with E-state index < -0.39 is 29.3 Å². The molecule has 7 nitrogen and oxygen atoms in total. The van der Waals surface area contributed by atoms with Gasteiger partial charge < -0.3 is 14.8 Å². The van der Waals surface area contributed by atoms with E-state index in [1.54, 1.807) is 20.3 Å². The molecule has 3 rings (SSSR count). The summed E-state index contributed by atoms with van der Waals surface area (Å²) < 4.78 is 62.9. The topological polar surface area (TPSA) is 85.4 Å². The van der Waals surface area contributed by atoms with Crippen molar-refractivity contribution in [3.63, 3.8) is 0 Å². The Morgan fingerprint density at radius 2 is 1.78 bits per heavy atom. The molecule has 3 aromatic rings. The van der Waals surface area contributed by atoms with Crippen LogP contribution in [0.1, 0.15) is 16.1 Å². The molecule has 1 aromatic heterocycles. The Labute approximate surface area is 184 Å². The highest BCUT2D eigenvalue weighted by molar-refractivity contribution is 7.15. The third-order valence-electron chi connectivity index (χ3n) is 4.32. The average molecular weight is 470 g/mol. The van der Waals surface area contributed by atoms with E-state index in [1.807, 2.05) is 17.4 Å². The fraction of sp³-hybridized carbons (Fsp3) is 0.250. The van der Waals surface area contributed by atoms with Crippen LogP contribution in [0.25, 0.3) is 0 Å². The zero-order valence-corrected chi connectivity index (χ0v) is 17.7. The number of urea groups is 1. The minimum atomic E-state index is -4.87. The first-order chi connectivity index (χ1) is 15.2. The Balaban J connectivity index is 1.59. The molecule has 0 radical (unpaired) electrons. The van der Waals surface area contributed by atoms with Crippen LogP contribution < -0.4 is 20.1 Å². The van der Waals surface area contributed by atoms with Crippen molar-refractivity contribution >= 4 is 28.2 Å². The highest BCUT2D eigenvalue weighted by Crippen LogP contribution is 2.34. The molecular formula is C20H18F4N4O3S. The molecule has 0 aliphatic heterocycles. The summed E-state index contributed by atoms with van der Waals surface area (Å²) in [4.78, 5) is 12.1. The van der Waals surface area contributed by atoms with Gasteiger partial charge in [-0.1, -0.05) is 23.5 Å². The van der Waals surface area contributed by atoms with E-state index in [0.29, 0.717) is 35.4 Å². The molecule has 0 saturated heterocycles. The monoisotopic (exact) mass is 470 g/mol. The molecule has 0 bridgehead atoms. The van der Waals surface area contributed by atoms with Gasteiger partial charge in [0.15, 0.2) is 17.3 Å². The highest BCUT2D eigenvalue weighted by atomic mass is 32.1. The van der Waals surface area contributed by atoms with Crippen LogP contribution in [0.5, 0.6) is 11.5 Å². The van der Waals surface area contributed by atoms with Gasteiger partial charge in [-0.2, -0.15) is 13.2 Å². The maximum absolute atomic E-state index is 14.0. The molecule has 1 heterocycles. The van der Waals surface area contributed by atoms with Gasteiger partial charge in [0.1, 0.15) is 5.01 Å². The highest BCUT2D eigenvalue weighted by Gasteiger charge is 2.35. The zero-order valence-electron chi connectivity index (χ0n) is 16.9. The van der Waals surface area contributed by atoms with Gasteiger partial charge in [-0.05, 0) is 36.2 Å². The molecule has 0 fully saturated rings. The number of nitrogens with one attached hydrogen (secondary N) is 2. The second-order valence-electron chi connectivity index (χ2n) is 6.43. The number of ether oxygens (including phenoxy) is 2. The predicted octanol–water partition coefficient (Wildman–Crippen LogP) is 5.14. The second kappa shape index (κ2) is 9.81. The summed E-state index contributed by atoms with van der Waals surface area (Å²) in [5.74, 6) is -0.354. The number of carbonyl (C=O) groups excluding carboxylic acids is 1. The van der Waals surface area contributed by atoms with Gasteiger partial charge in [-0.3, -0.25) is 5.32 Å². The number of anilines is 2. The first-order valence-corrected chi connectivity index (χ1v) is 10.00. The maximum Gasteiger partial charge on any atom is 0.419 e. The molecule has 12 heteroatoms. The number of aryl methyl sites for hydroxylation is 2. The number of halogens is 4. The summed E-state index contributed by atoms with van der Waals surface area (Å²) in [5, 5.41) is 12.9. The molecule has 170 valence electrons. The van der Waals surface area contributed by atoms with Crippen molar-refractivity contribution in [1.82, 2.24) is 10.2 Å². The Kier molecular flexibility index (Phi) is 7.13. The normalized spacial score (nSPS) is 11.2. The Hall–Kier alpha value is -3.41. The summed E-state index contributed by atoms with van der Waals surface area (Å²) >= 11 is 1.10. The number of carbonyl (C=O) groups is 1. The number of rotatable bonds is 7. The van der Waals surface area contributed by atoms with Gasteiger partial charge in [-0.25, -0.2) is 9.18 Å². The standard InChI is InChI=1S/C20H18F4N4O3S/c1-30-14-8-6-11(10-15(14)31-2)7-9-16-27-28-19(32-16)26-18(29)25-13-5-3-4-12(17(13)21)20(22,23)24/h3-6,8,10H,7,9H2,1-2H3,(H2,25,26,28,29). The van der Waals surface area contributed by atoms with Crippen molar-refractivity contribution in [1.29, 1.82) is 0 Å². The molecule has 32 heavy (non-hydrogen) atoms. The van der Waals surface area contributed by atoms with Crippen LogP contribution in [0.3, 0.4) is 0 Å². The van der Waals surface area contributed by atoms with Crippen molar-refractivity contribution < 1.29 is 31.8 Å². The maximum atomic E-state index is 14.0. The number of nitrogens with zero attached hydrogens (tertiary/aromatic N) is 2. The fourth-order valence-corrected chi connectivity index (χ4v) is 3.53. The van der Waals surface area contributed by atoms with E-state index >= 15 is 0 Å². The van der Waals surface area contributed by atoms with E-state index in [0.717, 1.165) is 29.0 Å². The molecule has 0 aliphatic rings. The van der Waals surface area contributed by atoms with E-state index in [1.165, 1.54) is 0 Å². The van der Waals surface area contributed by atoms with Crippen molar-refractivity contribution in [3.05, 3.63) is 58.3 Å². The lowest BCUT2D eigenvalue weighted by Gasteiger charge is -2.11. The van der Waals surface area contributed by atoms with Crippen LogP contribution in [-0.4, -0.2) is 30.4 Å². The fourth-order valence-electron chi connectivity index (χ4n) is 2.79. The van der Waals surface area contributed by atoms with Gasteiger partial charge in [0.05, 0.1) is 25.5 Å². The van der Waals surface area contributed by atoms with Gasteiger partial charge in [0.25, 0.3) is 0 Å². The van der Waals surface area contributed by atoms with E-state index in [2.05, 4.69) is 15.5 Å². The predicted molar refractivity (Wildman–Crippen MR) is 111 cm³/mol. The van der Waals surface area contributed by atoms with Crippen molar-refractivity contribution in [2.75, 3.05) is 24.9 Å². The quantitative estimate of drug-likeness (QED) is 0.467. The van der Waals surface area contributed by atoms with E-state index in [4.69, 9.17) is 9.47 Å². The smallest absolute Gasteiger partial charge is 0.419 e. The first-order valence-electron chi connectivity index (χ1n) is 9.18. The number of hydrogen-bond acceptors (Lipinski definition) is 6. The zero-order chi connectivity index (χ0) is 23.3. The van der Waals surface area contributed by atoms with Crippen LogP contribution >= 0.6 is 11.3 Å². The number of alkyl halides is 3. The summed E-state index contributed by atoms with van der Waals surface area (Å²) in [5.41, 5.74) is -1.09. The molecule has 2 N–H and O–H groups in total. The summed E-state index contributed by atoms with van der Waals surface area (Å²) in [7, 11) is 3.09. The Morgan fingerprint density at radius 1 is 1.03 bits per heavy atom. The Morgan fingerprint density at radius 3 is 2.47 bits per heavy atom. The summed E-state index contributed by atoms with van der Waals surface area (Å²) in [6.45, 7) is 0. The lowest BCUT2D eigenvalue weighted by molar-refractivity contribution is -0.139. The number of methoxy groups -OCH3 is 2. The third-order valence-corrected chi connectivity index (χ3v) is 5.21. The second-order valence-corrected chi connectivity index (χ2v) is 7.50. The minimum Gasteiger partial charge on any atom is -0.493 e. The minimum absolute atomic E-state index is 0.122. The first kappa shape index (κ1) is 23.3. The van der Waals surface area contributed by atoms with E-state index in [-0.39, 0.29) is 5.13 Å². The molecule has 0 unspecified atom stereocenters. The summed E-state index contributed by atoms with van der Waals surface area (Å²) in [6, 6.07) is 7.20. The largest absolute Gasteiger partial charge is 0.493 e. The Bertz CT molecular complexity index is 1100. The number of amides is 2. The third kappa shape index (κ3) is 5.63. The molecule has 2 aromatic carbocycles. The van der Waals surface area contributed by atoms with Crippen LogP contribution in [-0.2, 0) is 19.0 Å². The molecule has 2 amide bonds. The lowest BCUT2D eigenvalue weighted by Crippen LogP contribution is -2.21. The van der Waals surface area contributed by atoms with Gasteiger partial charge in [0.2, 0.25) is 5.13 Å². The van der Waals surface area contributed by atoms with Crippen molar-refractivity contribution in [2.24, 2.45) is 0 Å². The van der Waals surface area contributed by atoms with Crippen LogP contribution in [0.2, 0.25) is 0 Å². The molecule has 0 atom stereocenters. The number of aromatic nitrogens is 2. The van der Waals surface area contributed by atoms with E-state index in [9.17, 15) is 22.4 Å². The summed E-state index contributed by atoms with van der Waals surface area (Å²) in [6.07, 6.45) is -3.73. The van der Waals surface area contributed by atoms with Crippen LogP contribution in [0.15, 0.2) is 36.4 Å². The molecule has 0 saturated carbocycles. The van der Waals surface area contributed by atoms with Gasteiger partial charge in [0, 0.05) is 6.42 Å². The number of benzene rings is 2. The lowest BCUT2D eigenvalue weighted by atomic mass is 10.1. The van der Waals surface area contributed by atoms with Gasteiger partial charge >= 0.3 is 12.2 Å². The SMILES string of the molecule is COc1ccc(CCc2nnc(NC(=O)Nc3cccc(C(F)(F)F)c3F)s2)cc1OC. The van der Waals surface area contributed by atoms with Crippen LogP contribution in [0.4, 0.5) is 33.2 Å². The van der Waals surface area contributed by atoms with Gasteiger partial charge in [-0.15, -0.1) is 10.2 Å². The molecule has 0 spiro atoms. The average Bonchev–Trinajstić information content (AvgIpc) is 3.19. The van der Waals surface area contributed by atoms with Crippen molar-refractivity contribution in [2.45, 2.75) is 19.0 Å². The molecular weight excluding hydrogens is 452 g/mol. The van der Waals surface area contributed by atoms with Crippen LogP contribution in [0, 0.1) is 5.82 Å².